The van der Waals surface area contributed by atoms with Gasteiger partial charge in [-0.05, 0) is 44.6 Å². The van der Waals surface area contributed by atoms with Crippen molar-refractivity contribution in [2.75, 3.05) is 37.9 Å². The second-order valence-corrected chi connectivity index (χ2v) is 8.53. The van der Waals surface area contributed by atoms with Crippen LogP contribution in [-0.2, 0) is 12.8 Å². The number of ether oxygens (including phenoxy) is 2. The van der Waals surface area contributed by atoms with Crippen molar-refractivity contribution in [1.82, 2.24) is 14.5 Å². The number of benzene rings is 1. The van der Waals surface area contributed by atoms with Crippen LogP contribution in [0.15, 0.2) is 12.1 Å². The van der Waals surface area contributed by atoms with Gasteiger partial charge < -0.3 is 30.3 Å². The van der Waals surface area contributed by atoms with E-state index in [9.17, 15) is 10.2 Å². The predicted octanol–water partition coefficient (Wildman–Crippen LogP) is 3.16. The molecule has 9 nitrogen and oxygen atoms in total. The molecule has 0 saturated carbocycles. The van der Waals surface area contributed by atoms with Gasteiger partial charge in [-0.1, -0.05) is 0 Å². The number of methoxy groups -OCH3 is 2. The molecule has 2 aliphatic rings. The van der Waals surface area contributed by atoms with Gasteiger partial charge in [0.05, 0.1) is 19.7 Å². The van der Waals surface area contributed by atoms with Gasteiger partial charge in [0.15, 0.2) is 23.3 Å². The van der Waals surface area contributed by atoms with Crippen LogP contribution in [0.2, 0.25) is 0 Å². The van der Waals surface area contributed by atoms with Gasteiger partial charge in [-0.3, -0.25) is 4.57 Å². The lowest BCUT2D eigenvalue weighted by Gasteiger charge is -2.33. The summed E-state index contributed by atoms with van der Waals surface area (Å²) in [5.74, 6) is 2.61. The Morgan fingerprint density at radius 1 is 0.938 bits per heavy atom. The SMILES string of the molecule is COc1cc2nc(N3CCC(n4c(O)c5c(c4O)CCCC5)CC3)nc(N)c2cc1OC. The van der Waals surface area contributed by atoms with Crippen molar-refractivity contribution in [3.8, 4) is 23.3 Å². The number of fused-ring (bicyclic) bond motifs is 2. The Balaban J connectivity index is 1.39. The summed E-state index contributed by atoms with van der Waals surface area (Å²) in [5.41, 5.74) is 8.79. The number of rotatable bonds is 4. The van der Waals surface area contributed by atoms with Crippen LogP contribution in [0.4, 0.5) is 11.8 Å². The number of anilines is 2. The number of nitrogen functional groups attached to an aromatic ring is 1. The van der Waals surface area contributed by atoms with Gasteiger partial charge in [0.1, 0.15) is 5.82 Å². The molecule has 0 unspecified atom stereocenters. The maximum atomic E-state index is 10.8. The third kappa shape index (κ3) is 3.23. The molecule has 1 aliphatic carbocycles. The lowest BCUT2D eigenvalue weighted by atomic mass is 9.95. The van der Waals surface area contributed by atoms with E-state index in [1.807, 2.05) is 6.07 Å². The highest BCUT2D eigenvalue weighted by atomic mass is 16.5. The zero-order valence-corrected chi connectivity index (χ0v) is 18.5. The first-order valence-electron chi connectivity index (χ1n) is 11.1. The molecule has 0 bridgehead atoms. The van der Waals surface area contributed by atoms with Gasteiger partial charge in [-0.2, -0.15) is 4.98 Å². The number of hydrogen-bond acceptors (Lipinski definition) is 8. The minimum atomic E-state index is 0.0407. The summed E-state index contributed by atoms with van der Waals surface area (Å²) >= 11 is 0. The largest absolute Gasteiger partial charge is 0.494 e. The Hall–Kier alpha value is -3.36. The van der Waals surface area contributed by atoms with E-state index < -0.39 is 0 Å². The van der Waals surface area contributed by atoms with Crippen LogP contribution >= 0.6 is 0 Å². The van der Waals surface area contributed by atoms with Crippen molar-refractivity contribution >= 4 is 22.7 Å². The van der Waals surface area contributed by atoms with Crippen molar-refractivity contribution in [3.63, 3.8) is 0 Å². The zero-order chi connectivity index (χ0) is 22.4. The molecule has 2 aromatic heterocycles. The van der Waals surface area contributed by atoms with Gasteiger partial charge in [-0.25, -0.2) is 4.98 Å². The number of piperidine rings is 1. The fraction of sp³-hybridized carbons (Fsp3) is 0.478. The van der Waals surface area contributed by atoms with E-state index in [0.717, 1.165) is 49.7 Å². The smallest absolute Gasteiger partial charge is 0.227 e. The number of aromatic hydroxyl groups is 2. The molecule has 3 heterocycles. The number of aromatic nitrogens is 3. The highest BCUT2D eigenvalue weighted by Crippen LogP contribution is 2.43. The van der Waals surface area contributed by atoms with E-state index in [1.54, 1.807) is 24.9 Å². The van der Waals surface area contributed by atoms with Crippen molar-refractivity contribution in [2.45, 2.75) is 44.6 Å². The van der Waals surface area contributed by atoms with Gasteiger partial charge in [0.25, 0.3) is 0 Å². The summed E-state index contributed by atoms with van der Waals surface area (Å²) in [5, 5.41) is 22.2. The fourth-order valence-electron chi connectivity index (χ4n) is 5.07. The highest BCUT2D eigenvalue weighted by Gasteiger charge is 2.31. The molecule has 3 aromatic rings. The Kier molecular flexibility index (Phi) is 5.11. The number of hydrogen-bond donors (Lipinski definition) is 3. The van der Waals surface area contributed by atoms with Crippen molar-refractivity contribution in [3.05, 3.63) is 23.3 Å². The van der Waals surface area contributed by atoms with Gasteiger partial charge >= 0.3 is 0 Å². The fourth-order valence-corrected chi connectivity index (χ4v) is 5.07. The first-order valence-corrected chi connectivity index (χ1v) is 11.1. The highest BCUT2D eigenvalue weighted by molar-refractivity contribution is 5.91. The molecule has 0 spiro atoms. The molecular formula is C23H29N5O4. The van der Waals surface area contributed by atoms with E-state index in [4.69, 9.17) is 20.2 Å². The molecule has 4 N–H and O–H groups in total. The van der Waals surface area contributed by atoms with Crippen LogP contribution in [0.5, 0.6) is 23.3 Å². The van der Waals surface area contributed by atoms with E-state index in [2.05, 4.69) is 9.88 Å². The maximum Gasteiger partial charge on any atom is 0.227 e. The maximum absolute atomic E-state index is 10.8. The van der Waals surface area contributed by atoms with Crippen LogP contribution < -0.4 is 20.1 Å². The molecule has 0 atom stereocenters. The van der Waals surface area contributed by atoms with Crippen molar-refractivity contribution < 1.29 is 19.7 Å². The Morgan fingerprint density at radius 3 is 2.12 bits per heavy atom. The van der Waals surface area contributed by atoms with Gasteiger partial charge in [0, 0.05) is 41.7 Å². The summed E-state index contributed by atoms with van der Waals surface area (Å²) in [6.07, 6.45) is 5.31. The third-order valence-corrected chi connectivity index (χ3v) is 6.80. The van der Waals surface area contributed by atoms with Gasteiger partial charge in [0.2, 0.25) is 5.95 Å². The summed E-state index contributed by atoms with van der Waals surface area (Å²) in [4.78, 5) is 11.4. The molecule has 1 aliphatic heterocycles. The topological polar surface area (TPSA) is 119 Å². The lowest BCUT2D eigenvalue weighted by Crippen LogP contribution is -2.35. The van der Waals surface area contributed by atoms with E-state index in [0.29, 0.717) is 47.3 Å². The van der Waals surface area contributed by atoms with Gasteiger partial charge in [-0.15, -0.1) is 0 Å². The van der Waals surface area contributed by atoms with E-state index in [-0.39, 0.29) is 17.8 Å². The first-order chi connectivity index (χ1) is 15.5. The monoisotopic (exact) mass is 439 g/mol. The molecular weight excluding hydrogens is 410 g/mol. The summed E-state index contributed by atoms with van der Waals surface area (Å²) in [6.45, 7) is 1.40. The summed E-state index contributed by atoms with van der Waals surface area (Å²) in [6, 6.07) is 3.64. The Bertz CT molecular complexity index is 1140. The molecule has 170 valence electrons. The predicted molar refractivity (Wildman–Crippen MR) is 122 cm³/mol. The quantitative estimate of drug-likeness (QED) is 0.567. The molecule has 9 heteroatoms. The second kappa shape index (κ2) is 7.96. The average Bonchev–Trinajstić information content (AvgIpc) is 3.08. The standard InChI is InChI=1S/C23H29N5O4/c1-31-18-11-16-17(12-19(18)32-2)25-23(26-20(16)24)27-9-7-13(8-10-27)28-21(29)14-5-3-4-6-15(14)22(28)30/h11-13,29-30H,3-10H2,1-2H3,(H2,24,25,26). The zero-order valence-electron chi connectivity index (χ0n) is 18.5. The van der Waals surface area contributed by atoms with Crippen LogP contribution in [0.25, 0.3) is 10.9 Å². The van der Waals surface area contributed by atoms with Crippen LogP contribution in [0.1, 0.15) is 42.9 Å². The first kappa shape index (κ1) is 20.5. The van der Waals surface area contributed by atoms with E-state index >= 15 is 0 Å². The minimum Gasteiger partial charge on any atom is -0.494 e. The molecule has 32 heavy (non-hydrogen) atoms. The van der Waals surface area contributed by atoms with Crippen LogP contribution in [-0.4, -0.2) is 52.1 Å². The minimum absolute atomic E-state index is 0.0407. The van der Waals surface area contributed by atoms with Crippen molar-refractivity contribution in [2.24, 2.45) is 0 Å². The number of nitrogens with two attached hydrogens (primary N) is 1. The normalized spacial score (nSPS) is 16.9. The Morgan fingerprint density at radius 2 is 1.53 bits per heavy atom. The molecule has 1 aromatic carbocycles. The van der Waals surface area contributed by atoms with Crippen molar-refractivity contribution in [1.29, 1.82) is 0 Å². The third-order valence-electron chi connectivity index (χ3n) is 6.80. The second-order valence-electron chi connectivity index (χ2n) is 8.53. The van der Waals surface area contributed by atoms with Crippen LogP contribution in [0.3, 0.4) is 0 Å². The van der Waals surface area contributed by atoms with E-state index in [1.165, 1.54) is 0 Å². The molecule has 1 fully saturated rings. The lowest BCUT2D eigenvalue weighted by molar-refractivity contribution is 0.298. The summed E-state index contributed by atoms with van der Waals surface area (Å²) < 4.78 is 12.5. The summed E-state index contributed by atoms with van der Waals surface area (Å²) in [7, 11) is 3.17. The Labute approximate surface area is 186 Å². The molecule has 5 rings (SSSR count). The molecule has 0 radical (unpaired) electrons. The van der Waals surface area contributed by atoms with Crippen LogP contribution in [0, 0.1) is 0 Å². The molecule has 1 saturated heterocycles. The molecule has 0 amide bonds. The average molecular weight is 440 g/mol. The number of nitrogens with zero attached hydrogens (tertiary/aromatic N) is 4.